The van der Waals surface area contributed by atoms with Crippen LogP contribution in [0.4, 0.5) is 5.69 Å². The van der Waals surface area contributed by atoms with Crippen molar-refractivity contribution >= 4 is 5.69 Å². The second-order valence-electron chi connectivity index (χ2n) is 5.39. The van der Waals surface area contributed by atoms with E-state index in [1.165, 1.54) is 0 Å². The molecule has 0 spiro atoms. The Hall–Kier alpha value is -1.22. The average Bonchev–Trinajstić information content (AvgIpc) is 2.58. The first-order chi connectivity index (χ1) is 7.99. The first-order valence-electron chi connectivity index (χ1n) is 6.32. The number of phenolic OH excluding ortho intramolecular Hbond substituents is 1. The van der Waals surface area contributed by atoms with Crippen LogP contribution in [0.15, 0.2) is 18.2 Å². The molecular formula is C14H22N2O. The normalized spacial score (nSPS) is 26.2. The van der Waals surface area contributed by atoms with Gasteiger partial charge >= 0.3 is 0 Å². The van der Waals surface area contributed by atoms with Gasteiger partial charge in [0, 0.05) is 36.4 Å². The van der Waals surface area contributed by atoms with Crippen LogP contribution in [0, 0.1) is 11.8 Å². The van der Waals surface area contributed by atoms with E-state index in [1.807, 2.05) is 19.1 Å². The lowest BCUT2D eigenvalue weighted by atomic mass is 10.0. The van der Waals surface area contributed by atoms with Gasteiger partial charge in [0.15, 0.2) is 0 Å². The molecule has 0 amide bonds. The van der Waals surface area contributed by atoms with Gasteiger partial charge in [0.2, 0.25) is 0 Å². The molecule has 0 bridgehead atoms. The third-order valence-electron chi connectivity index (χ3n) is 3.86. The van der Waals surface area contributed by atoms with E-state index in [0.717, 1.165) is 24.3 Å². The van der Waals surface area contributed by atoms with E-state index >= 15 is 0 Å². The summed E-state index contributed by atoms with van der Waals surface area (Å²) in [7, 11) is 0. The van der Waals surface area contributed by atoms with Crippen LogP contribution in [-0.4, -0.2) is 18.2 Å². The number of phenols is 1. The maximum atomic E-state index is 9.95. The highest BCUT2D eigenvalue weighted by Crippen LogP contribution is 2.32. The molecule has 1 aliphatic heterocycles. The molecular weight excluding hydrogens is 212 g/mol. The van der Waals surface area contributed by atoms with Gasteiger partial charge in [-0.2, -0.15) is 0 Å². The Morgan fingerprint density at radius 3 is 2.35 bits per heavy atom. The Balaban J connectivity index is 2.21. The molecule has 1 aromatic rings. The summed E-state index contributed by atoms with van der Waals surface area (Å²) in [5, 5.41) is 9.95. The lowest BCUT2D eigenvalue weighted by Crippen LogP contribution is -2.19. The zero-order valence-electron chi connectivity index (χ0n) is 10.9. The van der Waals surface area contributed by atoms with E-state index in [2.05, 4.69) is 24.8 Å². The SMILES string of the molecule is CC(N)c1ccc(N2CC(C)C(C)C2)cc1O. The van der Waals surface area contributed by atoms with Crippen LogP contribution in [0.25, 0.3) is 0 Å². The summed E-state index contributed by atoms with van der Waals surface area (Å²) in [5.74, 6) is 1.74. The molecule has 94 valence electrons. The van der Waals surface area contributed by atoms with Gasteiger partial charge < -0.3 is 15.7 Å². The van der Waals surface area contributed by atoms with Gasteiger partial charge in [0.05, 0.1) is 0 Å². The lowest BCUT2D eigenvalue weighted by molar-refractivity contribution is 0.464. The summed E-state index contributed by atoms with van der Waals surface area (Å²) in [4.78, 5) is 2.33. The standard InChI is InChI=1S/C14H22N2O/c1-9-7-16(8-10(9)2)12-4-5-13(11(3)15)14(17)6-12/h4-6,9-11,17H,7-8,15H2,1-3H3. The van der Waals surface area contributed by atoms with Crippen LogP contribution in [0.2, 0.25) is 0 Å². The minimum Gasteiger partial charge on any atom is -0.508 e. The topological polar surface area (TPSA) is 49.5 Å². The van der Waals surface area contributed by atoms with Crippen molar-refractivity contribution in [1.82, 2.24) is 0 Å². The molecule has 0 aliphatic carbocycles. The summed E-state index contributed by atoms with van der Waals surface area (Å²) >= 11 is 0. The third-order valence-corrected chi connectivity index (χ3v) is 3.86. The zero-order chi connectivity index (χ0) is 12.6. The fourth-order valence-electron chi connectivity index (χ4n) is 2.45. The molecule has 2 rings (SSSR count). The molecule has 0 radical (unpaired) electrons. The van der Waals surface area contributed by atoms with Gasteiger partial charge in [-0.15, -0.1) is 0 Å². The largest absolute Gasteiger partial charge is 0.508 e. The molecule has 0 saturated carbocycles. The number of nitrogens with two attached hydrogens (primary N) is 1. The summed E-state index contributed by atoms with van der Waals surface area (Å²) in [6, 6.07) is 5.70. The fraction of sp³-hybridized carbons (Fsp3) is 0.571. The molecule has 0 aromatic heterocycles. The second-order valence-corrected chi connectivity index (χ2v) is 5.39. The molecule has 3 heteroatoms. The minimum absolute atomic E-state index is 0.125. The maximum Gasteiger partial charge on any atom is 0.122 e. The van der Waals surface area contributed by atoms with E-state index in [-0.39, 0.29) is 6.04 Å². The molecule has 1 aliphatic rings. The molecule has 1 aromatic carbocycles. The molecule has 1 saturated heterocycles. The Bertz CT molecular complexity index is 393. The van der Waals surface area contributed by atoms with Crippen LogP contribution in [0.5, 0.6) is 5.75 Å². The number of aromatic hydroxyl groups is 1. The highest BCUT2D eigenvalue weighted by molar-refractivity contribution is 5.54. The number of nitrogens with zero attached hydrogens (tertiary/aromatic N) is 1. The monoisotopic (exact) mass is 234 g/mol. The second kappa shape index (κ2) is 4.57. The first-order valence-corrected chi connectivity index (χ1v) is 6.32. The molecule has 1 heterocycles. The van der Waals surface area contributed by atoms with E-state index in [0.29, 0.717) is 17.6 Å². The summed E-state index contributed by atoms with van der Waals surface area (Å²) in [6.45, 7) is 8.58. The van der Waals surface area contributed by atoms with Gasteiger partial charge in [0.25, 0.3) is 0 Å². The zero-order valence-corrected chi connectivity index (χ0v) is 10.9. The van der Waals surface area contributed by atoms with E-state index in [4.69, 9.17) is 5.73 Å². The molecule has 3 unspecified atom stereocenters. The van der Waals surface area contributed by atoms with Crippen molar-refractivity contribution in [3.63, 3.8) is 0 Å². The van der Waals surface area contributed by atoms with Crippen LogP contribution >= 0.6 is 0 Å². The Morgan fingerprint density at radius 1 is 1.29 bits per heavy atom. The maximum absolute atomic E-state index is 9.95. The Labute approximate surface area is 103 Å². The van der Waals surface area contributed by atoms with Gasteiger partial charge in [-0.05, 0) is 24.8 Å². The van der Waals surface area contributed by atoms with Crippen LogP contribution < -0.4 is 10.6 Å². The lowest BCUT2D eigenvalue weighted by Gasteiger charge is -2.20. The van der Waals surface area contributed by atoms with Gasteiger partial charge in [-0.1, -0.05) is 19.9 Å². The molecule has 1 fully saturated rings. The van der Waals surface area contributed by atoms with Crippen molar-refractivity contribution in [3.05, 3.63) is 23.8 Å². The van der Waals surface area contributed by atoms with Crippen molar-refractivity contribution in [2.24, 2.45) is 17.6 Å². The Morgan fingerprint density at radius 2 is 1.88 bits per heavy atom. The van der Waals surface area contributed by atoms with Crippen molar-refractivity contribution < 1.29 is 5.11 Å². The van der Waals surface area contributed by atoms with Crippen LogP contribution in [-0.2, 0) is 0 Å². The van der Waals surface area contributed by atoms with Gasteiger partial charge in [0.1, 0.15) is 5.75 Å². The molecule has 3 N–H and O–H groups in total. The average molecular weight is 234 g/mol. The highest BCUT2D eigenvalue weighted by atomic mass is 16.3. The predicted molar refractivity (Wildman–Crippen MR) is 71.3 cm³/mol. The molecule has 3 atom stereocenters. The minimum atomic E-state index is -0.125. The van der Waals surface area contributed by atoms with Crippen molar-refractivity contribution in [3.8, 4) is 5.75 Å². The van der Waals surface area contributed by atoms with E-state index < -0.39 is 0 Å². The summed E-state index contributed by atoms with van der Waals surface area (Å²) < 4.78 is 0. The van der Waals surface area contributed by atoms with E-state index in [9.17, 15) is 5.11 Å². The molecule has 17 heavy (non-hydrogen) atoms. The summed E-state index contributed by atoms with van der Waals surface area (Å²) in [5.41, 5.74) is 7.70. The first kappa shape index (κ1) is 12.2. The number of rotatable bonds is 2. The highest BCUT2D eigenvalue weighted by Gasteiger charge is 2.26. The number of hydrogen-bond acceptors (Lipinski definition) is 3. The van der Waals surface area contributed by atoms with Gasteiger partial charge in [-0.3, -0.25) is 0 Å². The fourth-order valence-corrected chi connectivity index (χ4v) is 2.45. The Kier molecular flexibility index (Phi) is 3.29. The number of hydrogen-bond donors (Lipinski definition) is 2. The summed E-state index contributed by atoms with van der Waals surface area (Å²) in [6.07, 6.45) is 0. The van der Waals surface area contributed by atoms with Crippen molar-refractivity contribution in [2.75, 3.05) is 18.0 Å². The van der Waals surface area contributed by atoms with Gasteiger partial charge in [-0.25, -0.2) is 0 Å². The smallest absolute Gasteiger partial charge is 0.122 e. The number of benzene rings is 1. The predicted octanol–water partition coefficient (Wildman–Crippen LogP) is 2.50. The van der Waals surface area contributed by atoms with Crippen LogP contribution in [0.1, 0.15) is 32.4 Å². The van der Waals surface area contributed by atoms with E-state index in [1.54, 1.807) is 0 Å². The number of anilines is 1. The quantitative estimate of drug-likeness (QED) is 0.826. The third kappa shape index (κ3) is 2.39. The van der Waals surface area contributed by atoms with Crippen molar-refractivity contribution in [1.29, 1.82) is 0 Å². The van der Waals surface area contributed by atoms with Crippen molar-refractivity contribution in [2.45, 2.75) is 26.8 Å². The molecule has 3 nitrogen and oxygen atoms in total. The van der Waals surface area contributed by atoms with Crippen LogP contribution in [0.3, 0.4) is 0 Å².